The first-order valence-electron chi connectivity index (χ1n) is 4.14. The Balaban J connectivity index is 2.34. The molecular formula is C10H12N. The quantitative estimate of drug-likeness (QED) is 0.611. The molecule has 1 N–H and O–H groups in total. The highest BCUT2D eigenvalue weighted by Gasteiger charge is 2.24. The number of benzene rings is 1. The molecule has 0 spiro atoms. The van der Waals surface area contributed by atoms with E-state index in [0.29, 0.717) is 6.54 Å². The average Bonchev–Trinajstić information content (AvgIpc) is 2.87. The van der Waals surface area contributed by atoms with Crippen molar-refractivity contribution in [3.05, 3.63) is 35.4 Å². The van der Waals surface area contributed by atoms with Gasteiger partial charge in [-0.1, -0.05) is 24.3 Å². The Labute approximate surface area is 67.2 Å². The van der Waals surface area contributed by atoms with Crippen molar-refractivity contribution < 1.29 is 0 Å². The van der Waals surface area contributed by atoms with Crippen molar-refractivity contribution in [3.63, 3.8) is 0 Å². The molecule has 1 radical (unpaired) electrons. The first-order chi connectivity index (χ1) is 5.42. The lowest BCUT2D eigenvalue weighted by molar-refractivity contribution is 0.971. The molecule has 0 unspecified atom stereocenters. The Kier molecular flexibility index (Phi) is 1.66. The second kappa shape index (κ2) is 2.67. The molecule has 1 aromatic carbocycles. The van der Waals surface area contributed by atoms with Crippen LogP contribution in [0, 0.1) is 0 Å². The predicted octanol–water partition coefficient (Wildman–Crippen LogP) is 2.35. The maximum Gasteiger partial charge on any atom is 0.0354 e. The highest BCUT2D eigenvalue weighted by molar-refractivity contribution is 5.32. The van der Waals surface area contributed by atoms with E-state index in [-0.39, 0.29) is 0 Å². The number of hydrogen-bond acceptors (Lipinski definition) is 0. The normalized spacial score (nSPS) is 16.8. The summed E-state index contributed by atoms with van der Waals surface area (Å²) in [5, 5.41) is 0. The van der Waals surface area contributed by atoms with Gasteiger partial charge in [0.1, 0.15) is 0 Å². The third-order valence-electron chi connectivity index (χ3n) is 2.26. The van der Waals surface area contributed by atoms with Crippen molar-refractivity contribution in [1.29, 1.82) is 0 Å². The Morgan fingerprint density at radius 1 is 1.27 bits per heavy atom. The standard InChI is InChI=1S/C10H12N/c11-7-9-3-1-2-4-10(9)8-5-6-8/h1-4,8,11H,5-7H2. The molecular weight excluding hydrogens is 134 g/mol. The summed E-state index contributed by atoms with van der Waals surface area (Å²) in [4.78, 5) is 0. The van der Waals surface area contributed by atoms with Gasteiger partial charge in [0.05, 0.1) is 0 Å². The van der Waals surface area contributed by atoms with Crippen molar-refractivity contribution in [3.8, 4) is 0 Å². The lowest BCUT2D eigenvalue weighted by Gasteiger charge is -2.03. The average molecular weight is 146 g/mol. The fraction of sp³-hybridized carbons (Fsp3) is 0.400. The molecule has 1 aromatic rings. The zero-order valence-electron chi connectivity index (χ0n) is 6.51. The minimum Gasteiger partial charge on any atom is -0.253 e. The molecule has 57 valence electrons. The largest absolute Gasteiger partial charge is 0.253 e. The van der Waals surface area contributed by atoms with Crippen LogP contribution in [0.15, 0.2) is 24.3 Å². The molecule has 0 heterocycles. The number of hydrogen-bond donors (Lipinski definition) is 0. The Morgan fingerprint density at radius 2 is 2.00 bits per heavy atom. The molecule has 11 heavy (non-hydrogen) atoms. The molecule has 1 nitrogen and oxygen atoms in total. The molecule has 0 aromatic heterocycles. The van der Waals surface area contributed by atoms with E-state index in [2.05, 4.69) is 18.2 Å². The summed E-state index contributed by atoms with van der Waals surface area (Å²) in [5.41, 5.74) is 9.94. The molecule has 0 atom stereocenters. The van der Waals surface area contributed by atoms with E-state index in [0.717, 1.165) is 5.92 Å². The maximum atomic E-state index is 7.31. The second-order valence-corrected chi connectivity index (χ2v) is 3.15. The molecule has 1 heteroatoms. The molecule has 0 bridgehead atoms. The topological polar surface area (TPSA) is 23.8 Å². The monoisotopic (exact) mass is 146 g/mol. The Morgan fingerprint density at radius 3 is 2.64 bits per heavy atom. The van der Waals surface area contributed by atoms with Gasteiger partial charge < -0.3 is 0 Å². The second-order valence-electron chi connectivity index (χ2n) is 3.15. The number of rotatable bonds is 2. The first kappa shape index (κ1) is 6.86. The van der Waals surface area contributed by atoms with Gasteiger partial charge in [-0.05, 0) is 29.9 Å². The van der Waals surface area contributed by atoms with Gasteiger partial charge in [-0.2, -0.15) is 0 Å². The SMILES string of the molecule is [NH]Cc1ccccc1C1CC1. The molecule has 1 saturated carbocycles. The van der Waals surface area contributed by atoms with E-state index in [4.69, 9.17) is 5.73 Å². The Bertz CT molecular complexity index is 251. The van der Waals surface area contributed by atoms with Gasteiger partial charge in [0.25, 0.3) is 0 Å². The van der Waals surface area contributed by atoms with Crippen molar-refractivity contribution in [2.45, 2.75) is 25.3 Å². The van der Waals surface area contributed by atoms with E-state index >= 15 is 0 Å². The van der Waals surface area contributed by atoms with E-state index in [1.165, 1.54) is 24.0 Å². The van der Waals surface area contributed by atoms with E-state index in [1.54, 1.807) is 0 Å². The van der Waals surface area contributed by atoms with Gasteiger partial charge in [0.2, 0.25) is 0 Å². The summed E-state index contributed by atoms with van der Waals surface area (Å²) < 4.78 is 0. The number of nitrogens with one attached hydrogen (secondary N) is 1. The van der Waals surface area contributed by atoms with Crippen LogP contribution in [0.25, 0.3) is 0 Å². The minimum atomic E-state index is 0.437. The first-order valence-corrected chi connectivity index (χ1v) is 4.14. The lowest BCUT2D eigenvalue weighted by atomic mass is 10.0. The summed E-state index contributed by atoms with van der Waals surface area (Å²) in [7, 11) is 0. The molecule has 1 fully saturated rings. The maximum absolute atomic E-state index is 7.31. The third kappa shape index (κ3) is 1.29. The molecule has 1 aliphatic carbocycles. The van der Waals surface area contributed by atoms with E-state index in [1.807, 2.05) is 6.07 Å². The van der Waals surface area contributed by atoms with Gasteiger partial charge in [0.15, 0.2) is 0 Å². The van der Waals surface area contributed by atoms with E-state index in [9.17, 15) is 0 Å². The fourth-order valence-electron chi connectivity index (χ4n) is 1.49. The smallest absolute Gasteiger partial charge is 0.0354 e. The van der Waals surface area contributed by atoms with Crippen LogP contribution in [0.1, 0.15) is 29.9 Å². The van der Waals surface area contributed by atoms with Gasteiger partial charge in [-0.3, -0.25) is 5.73 Å². The van der Waals surface area contributed by atoms with Crippen LogP contribution in [0.4, 0.5) is 0 Å². The van der Waals surface area contributed by atoms with E-state index < -0.39 is 0 Å². The van der Waals surface area contributed by atoms with Gasteiger partial charge >= 0.3 is 0 Å². The Hall–Kier alpha value is -0.820. The van der Waals surface area contributed by atoms with Crippen LogP contribution in [0.5, 0.6) is 0 Å². The van der Waals surface area contributed by atoms with Gasteiger partial charge in [-0.25, -0.2) is 0 Å². The van der Waals surface area contributed by atoms with Crippen LogP contribution < -0.4 is 5.73 Å². The zero-order valence-corrected chi connectivity index (χ0v) is 6.51. The van der Waals surface area contributed by atoms with Gasteiger partial charge in [-0.15, -0.1) is 0 Å². The molecule has 2 rings (SSSR count). The van der Waals surface area contributed by atoms with Crippen LogP contribution in [-0.2, 0) is 6.54 Å². The van der Waals surface area contributed by atoms with Crippen LogP contribution in [0.2, 0.25) is 0 Å². The van der Waals surface area contributed by atoms with Crippen LogP contribution in [-0.4, -0.2) is 0 Å². The summed E-state index contributed by atoms with van der Waals surface area (Å²) in [6.07, 6.45) is 2.66. The van der Waals surface area contributed by atoms with Crippen molar-refractivity contribution in [2.24, 2.45) is 0 Å². The highest BCUT2D eigenvalue weighted by Crippen LogP contribution is 2.41. The van der Waals surface area contributed by atoms with Crippen LogP contribution in [0.3, 0.4) is 0 Å². The summed E-state index contributed by atoms with van der Waals surface area (Å²) in [6.45, 7) is 0.437. The summed E-state index contributed by atoms with van der Waals surface area (Å²) in [5.74, 6) is 0.788. The zero-order chi connectivity index (χ0) is 7.68. The highest BCUT2D eigenvalue weighted by atomic mass is 14.5. The minimum absolute atomic E-state index is 0.437. The molecule has 0 amide bonds. The predicted molar refractivity (Wildman–Crippen MR) is 45.2 cm³/mol. The van der Waals surface area contributed by atoms with Crippen LogP contribution >= 0.6 is 0 Å². The fourth-order valence-corrected chi connectivity index (χ4v) is 1.49. The lowest BCUT2D eigenvalue weighted by Crippen LogP contribution is -1.91. The molecule has 0 saturated heterocycles. The summed E-state index contributed by atoms with van der Waals surface area (Å²) >= 11 is 0. The summed E-state index contributed by atoms with van der Waals surface area (Å²) in [6, 6.07) is 8.34. The van der Waals surface area contributed by atoms with Gasteiger partial charge in [0, 0.05) is 6.54 Å². The third-order valence-corrected chi connectivity index (χ3v) is 2.26. The molecule has 0 aliphatic heterocycles. The van der Waals surface area contributed by atoms with Crippen molar-refractivity contribution in [1.82, 2.24) is 5.73 Å². The van der Waals surface area contributed by atoms with Crippen molar-refractivity contribution in [2.75, 3.05) is 0 Å². The van der Waals surface area contributed by atoms with Crippen molar-refractivity contribution >= 4 is 0 Å². The molecule has 1 aliphatic rings.